The van der Waals surface area contributed by atoms with Crippen LogP contribution >= 0.6 is 0 Å². The lowest BCUT2D eigenvalue weighted by Gasteiger charge is -2.31. The molecular formula is C28H52N6O2. The molecule has 4 N–H and O–H groups in total. The Balaban J connectivity index is 2.65. The van der Waals surface area contributed by atoms with Crippen LogP contribution in [-0.4, -0.2) is 74.2 Å². The number of nitrogens with zero attached hydrogens (tertiary/aromatic N) is 2. The molecular weight excluding hydrogens is 452 g/mol. The maximum Gasteiger partial charge on any atom is 0.315 e. The monoisotopic (exact) mass is 504 g/mol. The van der Waals surface area contributed by atoms with Gasteiger partial charge in [-0.2, -0.15) is 0 Å². The number of benzene rings is 1. The largest absolute Gasteiger partial charge is 0.338 e. The normalized spacial score (nSPS) is 12.1. The van der Waals surface area contributed by atoms with Gasteiger partial charge in [-0.3, -0.25) is 0 Å². The smallest absolute Gasteiger partial charge is 0.315 e. The highest BCUT2D eigenvalue weighted by Gasteiger charge is 2.27. The van der Waals surface area contributed by atoms with E-state index in [9.17, 15) is 9.59 Å². The van der Waals surface area contributed by atoms with Crippen LogP contribution in [0, 0.1) is 0 Å². The van der Waals surface area contributed by atoms with Gasteiger partial charge in [0.2, 0.25) is 0 Å². The third-order valence-corrected chi connectivity index (χ3v) is 6.82. The van der Waals surface area contributed by atoms with Crippen molar-refractivity contribution in [3.8, 4) is 0 Å². The zero-order valence-electron chi connectivity index (χ0n) is 24.1. The molecule has 0 atom stereocenters. The van der Waals surface area contributed by atoms with Crippen molar-refractivity contribution in [3.63, 3.8) is 0 Å². The number of hydrogen-bond donors (Lipinski definition) is 4. The van der Waals surface area contributed by atoms with Gasteiger partial charge in [-0.25, -0.2) is 9.59 Å². The van der Waals surface area contributed by atoms with E-state index in [1.165, 1.54) is 0 Å². The predicted octanol–water partition coefficient (Wildman–Crippen LogP) is 4.22. The maximum atomic E-state index is 12.5. The molecule has 0 saturated carbocycles. The van der Waals surface area contributed by atoms with Crippen molar-refractivity contribution in [1.29, 1.82) is 0 Å². The minimum Gasteiger partial charge on any atom is -0.338 e. The van der Waals surface area contributed by atoms with E-state index in [4.69, 9.17) is 0 Å². The van der Waals surface area contributed by atoms with Gasteiger partial charge in [0.15, 0.2) is 0 Å². The Labute approximate surface area is 220 Å². The lowest BCUT2D eigenvalue weighted by Crippen LogP contribution is -2.48. The van der Waals surface area contributed by atoms with E-state index >= 15 is 0 Å². The van der Waals surface area contributed by atoms with Crippen molar-refractivity contribution in [1.82, 2.24) is 31.1 Å². The van der Waals surface area contributed by atoms with E-state index in [0.29, 0.717) is 13.1 Å². The Kier molecular flexibility index (Phi) is 13.8. The van der Waals surface area contributed by atoms with Crippen LogP contribution in [0.4, 0.5) is 9.59 Å². The molecule has 1 aromatic rings. The predicted molar refractivity (Wildman–Crippen MR) is 150 cm³/mol. The number of nitrogens with one attached hydrogen (secondary N) is 4. The fourth-order valence-electron chi connectivity index (χ4n) is 4.19. The Morgan fingerprint density at radius 1 is 0.694 bits per heavy atom. The average molecular weight is 505 g/mol. The molecule has 0 saturated heterocycles. The van der Waals surface area contributed by atoms with E-state index in [1.807, 2.05) is 45.9 Å². The Morgan fingerprint density at radius 3 is 1.39 bits per heavy atom. The average Bonchev–Trinajstić information content (AvgIpc) is 2.84. The molecule has 1 rings (SSSR count). The van der Waals surface area contributed by atoms with Crippen molar-refractivity contribution in [2.75, 3.05) is 52.4 Å². The number of hydrogen-bond acceptors (Lipinski definition) is 4. The summed E-state index contributed by atoms with van der Waals surface area (Å²) >= 11 is 0. The molecule has 0 aliphatic carbocycles. The second-order valence-electron chi connectivity index (χ2n) is 10.4. The quantitative estimate of drug-likeness (QED) is 0.254. The Bertz CT molecular complexity index is 727. The molecule has 0 fully saturated rings. The molecule has 206 valence electrons. The molecule has 1 aromatic carbocycles. The summed E-state index contributed by atoms with van der Waals surface area (Å²) in [5.74, 6) is 0. The van der Waals surface area contributed by atoms with Crippen LogP contribution in [0.25, 0.3) is 0 Å². The maximum absolute atomic E-state index is 12.5. The summed E-state index contributed by atoms with van der Waals surface area (Å²) in [6.45, 7) is 23.9. The van der Waals surface area contributed by atoms with Gasteiger partial charge < -0.3 is 31.1 Å². The molecule has 0 unspecified atom stereocenters. The molecule has 8 nitrogen and oxygen atoms in total. The molecule has 0 radical (unpaired) electrons. The molecule has 0 aliphatic heterocycles. The Morgan fingerprint density at radius 2 is 1.06 bits per heavy atom. The summed E-state index contributed by atoms with van der Waals surface area (Å²) in [5, 5.41) is 12.1. The van der Waals surface area contributed by atoms with Crippen LogP contribution in [0.3, 0.4) is 0 Å². The summed E-state index contributed by atoms with van der Waals surface area (Å²) in [6, 6.07) is 7.70. The third-order valence-electron chi connectivity index (χ3n) is 6.82. The summed E-state index contributed by atoms with van der Waals surface area (Å²) < 4.78 is 0. The van der Waals surface area contributed by atoms with Crippen LogP contribution in [0.15, 0.2) is 24.3 Å². The number of carbonyl (C=O) groups is 2. The lowest BCUT2D eigenvalue weighted by molar-refractivity contribution is 0.228. The Hall–Kier alpha value is -2.32. The second kappa shape index (κ2) is 15.7. The molecule has 0 heterocycles. The first-order chi connectivity index (χ1) is 17.0. The van der Waals surface area contributed by atoms with Gasteiger partial charge in [0, 0.05) is 13.1 Å². The standard InChI is InChI=1S/C28H52N6O2/c1-9-33(10-2)20-14-18-29-25(35)31-27(5,6)23-16-13-17-24(22-23)28(7,8)32-26(36)30-19-15-21-34(11-3)12-4/h13,16-17,22H,9-12,14-15,18-21H2,1-8H3,(H2,29,31,35)(H2,30,32,36). The van der Waals surface area contributed by atoms with Crippen molar-refractivity contribution in [2.45, 2.75) is 79.3 Å². The van der Waals surface area contributed by atoms with Crippen LogP contribution < -0.4 is 21.3 Å². The number of rotatable bonds is 16. The molecule has 8 heteroatoms. The van der Waals surface area contributed by atoms with Gasteiger partial charge in [0.25, 0.3) is 0 Å². The first-order valence-electron chi connectivity index (χ1n) is 13.7. The van der Waals surface area contributed by atoms with Gasteiger partial charge in [-0.05, 0) is 90.9 Å². The van der Waals surface area contributed by atoms with Gasteiger partial charge in [0.05, 0.1) is 11.1 Å². The zero-order valence-corrected chi connectivity index (χ0v) is 24.1. The first-order valence-corrected chi connectivity index (χ1v) is 13.7. The third kappa shape index (κ3) is 11.2. The van der Waals surface area contributed by atoms with E-state index in [0.717, 1.165) is 63.2 Å². The number of amides is 4. The second-order valence-corrected chi connectivity index (χ2v) is 10.4. The van der Waals surface area contributed by atoms with Crippen molar-refractivity contribution < 1.29 is 9.59 Å². The van der Waals surface area contributed by atoms with Crippen LogP contribution in [0.5, 0.6) is 0 Å². The molecule has 0 bridgehead atoms. The van der Waals surface area contributed by atoms with Gasteiger partial charge >= 0.3 is 12.1 Å². The van der Waals surface area contributed by atoms with Crippen molar-refractivity contribution >= 4 is 12.1 Å². The summed E-state index contributed by atoms with van der Waals surface area (Å²) in [7, 11) is 0. The lowest BCUT2D eigenvalue weighted by atomic mass is 9.87. The topological polar surface area (TPSA) is 88.7 Å². The van der Waals surface area contributed by atoms with Gasteiger partial charge in [0.1, 0.15) is 0 Å². The fourth-order valence-corrected chi connectivity index (χ4v) is 4.19. The van der Waals surface area contributed by atoms with Gasteiger partial charge in [-0.15, -0.1) is 0 Å². The SMILES string of the molecule is CCN(CC)CCCNC(=O)NC(C)(C)c1cccc(C(C)(C)NC(=O)NCCCN(CC)CC)c1. The van der Waals surface area contributed by atoms with Crippen molar-refractivity contribution in [3.05, 3.63) is 35.4 Å². The van der Waals surface area contributed by atoms with Gasteiger partial charge in [-0.1, -0.05) is 52.0 Å². The molecule has 36 heavy (non-hydrogen) atoms. The van der Waals surface area contributed by atoms with E-state index < -0.39 is 11.1 Å². The summed E-state index contributed by atoms with van der Waals surface area (Å²) in [4.78, 5) is 29.8. The minimum atomic E-state index is -0.568. The molecule has 0 spiro atoms. The fraction of sp³-hybridized carbons (Fsp3) is 0.714. The van der Waals surface area contributed by atoms with Crippen molar-refractivity contribution in [2.24, 2.45) is 0 Å². The molecule has 4 amide bonds. The number of urea groups is 2. The summed E-state index contributed by atoms with van der Waals surface area (Å²) in [5.41, 5.74) is 0.823. The molecule has 0 aromatic heterocycles. The zero-order chi connectivity index (χ0) is 27.2. The molecule has 0 aliphatic rings. The van der Waals surface area contributed by atoms with E-state index in [2.05, 4.69) is 64.8 Å². The van der Waals surface area contributed by atoms with E-state index in [-0.39, 0.29) is 12.1 Å². The number of carbonyl (C=O) groups excluding carboxylic acids is 2. The van der Waals surface area contributed by atoms with E-state index in [1.54, 1.807) is 0 Å². The van der Waals surface area contributed by atoms with Crippen LogP contribution in [0.1, 0.15) is 79.4 Å². The van der Waals surface area contributed by atoms with Crippen LogP contribution in [-0.2, 0) is 11.1 Å². The van der Waals surface area contributed by atoms with Crippen LogP contribution in [0.2, 0.25) is 0 Å². The minimum absolute atomic E-state index is 0.175. The highest BCUT2D eigenvalue weighted by atomic mass is 16.2. The first kappa shape index (κ1) is 31.7. The highest BCUT2D eigenvalue weighted by Crippen LogP contribution is 2.26. The highest BCUT2D eigenvalue weighted by molar-refractivity contribution is 5.75. The summed E-state index contributed by atoms with van der Waals surface area (Å²) in [6.07, 6.45) is 1.84.